The van der Waals surface area contributed by atoms with Gasteiger partial charge in [0.2, 0.25) is 0 Å². The van der Waals surface area contributed by atoms with Gasteiger partial charge in [-0.15, -0.1) is 6.42 Å². The van der Waals surface area contributed by atoms with Crippen LogP contribution in [0.1, 0.15) is 90.4 Å². The summed E-state index contributed by atoms with van der Waals surface area (Å²) in [6, 6.07) is 0. The van der Waals surface area contributed by atoms with Gasteiger partial charge in [-0.25, -0.2) is 0 Å². The minimum atomic E-state index is 0.955. The van der Waals surface area contributed by atoms with E-state index in [1.54, 1.807) is 0 Å². The van der Waals surface area contributed by atoms with Crippen LogP contribution in [0, 0.1) is 36.0 Å². The molecule has 0 aromatic rings. The van der Waals surface area contributed by atoms with Crippen molar-refractivity contribution in [2.75, 3.05) is 0 Å². The zero-order valence-corrected chi connectivity index (χ0v) is 13.3. The maximum absolute atomic E-state index is 5.00. The molecule has 0 unspecified atom stereocenters. The van der Waals surface area contributed by atoms with Crippen LogP contribution in [0.5, 0.6) is 0 Å². The molecule has 0 heterocycles. The van der Waals surface area contributed by atoms with Gasteiger partial charge in [-0.1, -0.05) is 83.5 Å². The Balaban J connectivity index is 3.09. The average Bonchev–Trinajstić information content (AvgIpc) is 2.47. The van der Waals surface area contributed by atoms with Crippen LogP contribution in [0.2, 0.25) is 0 Å². The molecule has 0 fully saturated rings. The minimum absolute atomic E-state index is 0.955. The SMILES string of the molecule is C#CC#CC#CCCCCCCCCCCCCCC. The molecule has 0 saturated carbocycles. The molecule has 0 rings (SSSR count). The topological polar surface area (TPSA) is 0 Å². The highest BCUT2D eigenvalue weighted by Crippen LogP contribution is 2.12. The molecule has 0 nitrogen and oxygen atoms in total. The molecule has 0 atom stereocenters. The van der Waals surface area contributed by atoms with Crippen molar-refractivity contribution < 1.29 is 0 Å². The highest BCUT2D eigenvalue weighted by atomic mass is 14.0. The summed E-state index contributed by atoms with van der Waals surface area (Å²) in [7, 11) is 0. The zero-order valence-electron chi connectivity index (χ0n) is 13.3. The standard InChI is InChI=1S/C20H30/c1-3-5-7-9-11-13-15-17-19-20-18-16-14-12-10-8-6-4-2/h1H,4,6,8,10,12-20H2,2H3. The fraction of sp³-hybridized carbons (Fsp3) is 0.700. The van der Waals surface area contributed by atoms with Crippen LogP contribution in [0.25, 0.3) is 0 Å². The Kier molecular flexibility index (Phi) is 16.5. The van der Waals surface area contributed by atoms with Gasteiger partial charge < -0.3 is 0 Å². The van der Waals surface area contributed by atoms with E-state index in [0.29, 0.717) is 0 Å². The number of hydrogen-bond acceptors (Lipinski definition) is 0. The lowest BCUT2D eigenvalue weighted by Crippen LogP contribution is -1.82. The summed E-state index contributed by atoms with van der Waals surface area (Å²) in [6.07, 6.45) is 22.5. The van der Waals surface area contributed by atoms with Crippen LogP contribution in [-0.2, 0) is 0 Å². The van der Waals surface area contributed by atoms with Gasteiger partial charge in [0.25, 0.3) is 0 Å². The normalized spacial score (nSPS) is 9.00. The van der Waals surface area contributed by atoms with Crippen molar-refractivity contribution in [1.29, 1.82) is 0 Å². The molecule has 0 aliphatic carbocycles. The summed E-state index contributed by atoms with van der Waals surface area (Å²) in [5.74, 6) is 13.2. The first-order valence-electron chi connectivity index (χ1n) is 8.35. The monoisotopic (exact) mass is 270 g/mol. The summed E-state index contributed by atoms with van der Waals surface area (Å²) in [4.78, 5) is 0. The molecule has 0 aliphatic rings. The number of unbranched alkanes of at least 4 members (excludes halogenated alkanes) is 12. The lowest BCUT2D eigenvalue weighted by Gasteiger charge is -2.01. The van der Waals surface area contributed by atoms with Crippen molar-refractivity contribution in [3.63, 3.8) is 0 Å². The Labute approximate surface area is 127 Å². The Morgan fingerprint density at radius 1 is 0.600 bits per heavy atom. The molecule has 0 aliphatic heterocycles. The lowest BCUT2D eigenvalue weighted by molar-refractivity contribution is 0.545. The highest BCUT2D eigenvalue weighted by molar-refractivity contribution is 5.33. The van der Waals surface area contributed by atoms with Gasteiger partial charge in [-0.05, 0) is 30.1 Å². The molecule has 0 heteroatoms. The molecule has 20 heavy (non-hydrogen) atoms. The molecule has 0 aromatic heterocycles. The van der Waals surface area contributed by atoms with Gasteiger partial charge in [0.1, 0.15) is 0 Å². The molecular weight excluding hydrogens is 240 g/mol. The van der Waals surface area contributed by atoms with Gasteiger partial charge in [0.05, 0.1) is 0 Å². The van der Waals surface area contributed by atoms with E-state index >= 15 is 0 Å². The van der Waals surface area contributed by atoms with Gasteiger partial charge in [0, 0.05) is 6.42 Å². The van der Waals surface area contributed by atoms with E-state index in [0.717, 1.165) is 6.42 Å². The molecule has 0 radical (unpaired) electrons. The van der Waals surface area contributed by atoms with Crippen molar-refractivity contribution in [3.05, 3.63) is 0 Å². The minimum Gasteiger partial charge on any atom is -0.106 e. The molecular formula is C20H30. The molecule has 0 aromatic carbocycles. The second-order valence-corrected chi connectivity index (χ2v) is 5.34. The maximum atomic E-state index is 5.00. The van der Waals surface area contributed by atoms with Gasteiger partial charge >= 0.3 is 0 Å². The van der Waals surface area contributed by atoms with Crippen LogP contribution in [0.3, 0.4) is 0 Å². The zero-order chi connectivity index (χ0) is 14.7. The third-order valence-electron chi connectivity index (χ3n) is 3.44. The second kappa shape index (κ2) is 17.7. The first-order valence-corrected chi connectivity index (χ1v) is 8.35. The predicted molar refractivity (Wildman–Crippen MR) is 90.1 cm³/mol. The Bertz CT molecular complexity index is 347. The molecule has 0 saturated heterocycles. The molecule has 0 N–H and O–H groups in total. The molecule has 0 spiro atoms. The number of rotatable bonds is 12. The summed E-state index contributed by atoms with van der Waals surface area (Å²) in [5, 5.41) is 0. The molecule has 0 amide bonds. The van der Waals surface area contributed by atoms with Crippen molar-refractivity contribution in [2.45, 2.75) is 90.4 Å². The van der Waals surface area contributed by atoms with Crippen molar-refractivity contribution in [2.24, 2.45) is 0 Å². The largest absolute Gasteiger partial charge is 0.106 e. The summed E-state index contributed by atoms with van der Waals surface area (Å²) in [6.45, 7) is 2.27. The van der Waals surface area contributed by atoms with E-state index in [-0.39, 0.29) is 0 Å². The van der Waals surface area contributed by atoms with Gasteiger partial charge in [-0.3, -0.25) is 0 Å². The van der Waals surface area contributed by atoms with Crippen molar-refractivity contribution >= 4 is 0 Å². The second-order valence-electron chi connectivity index (χ2n) is 5.34. The van der Waals surface area contributed by atoms with E-state index in [2.05, 4.69) is 36.5 Å². The smallest absolute Gasteiger partial charge is 0.00989 e. The lowest BCUT2D eigenvalue weighted by atomic mass is 10.0. The van der Waals surface area contributed by atoms with Crippen LogP contribution >= 0.6 is 0 Å². The quantitative estimate of drug-likeness (QED) is 0.314. The molecule has 110 valence electrons. The van der Waals surface area contributed by atoms with E-state index in [9.17, 15) is 0 Å². The molecule has 0 bridgehead atoms. The predicted octanol–water partition coefficient (Wildman–Crippen LogP) is 5.72. The van der Waals surface area contributed by atoms with Crippen LogP contribution < -0.4 is 0 Å². The Hall–Kier alpha value is -1.32. The van der Waals surface area contributed by atoms with Gasteiger partial charge in [-0.2, -0.15) is 0 Å². The van der Waals surface area contributed by atoms with E-state index in [4.69, 9.17) is 6.42 Å². The van der Waals surface area contributed by atoms with Crippen LogP contribution in [0.15, 0.2) is 0 Å². The van der Waals surface area contributed by atoms with Crippen LogP contribution in [0.4, 0.5) is 0 Å². The Morgan fingerprint density at radius 2 is 1.10 bits per heavy atom. The van der Waals surface area contributed by atoms with Crippen molar-refractivity contribution in [3.8, 4) is 36.0 Å². The highest BCUT2D eigenvalue weighted by Gasteiger charge is 1.92. The fourth-order valence-corrected chi connectivity index (χ4v) is 2.23. The first kappa shape index (κ1) is 18.7. The Morgan fingerprint density at radius 3 is 1.60 bits per heavy atom. The average molecular weight is 270 g/mol. The van der Waals surface area contributed by atoms with Crippen molar-refractivity contribution in [1.82, 2.24) is 0 Å². The third-order valence-corrected chi connectivity index (χ3v) is 3.44. The fourth-order valence-electron chi connectivity index (χ4n) is 2.23. The van der Waals surface area contributed by atoms with E-state index in [1.165, 1.54) is 77.0 Å². The summed E-state index contributed by atoms with van der Waals surface area (Å²) in [5.41, 5.74) is 0. The third kappa shape index (κ3) is 16.7. The number of terminal acetylenes is 1. The first-order chi connectivity index (χ1) is 9.91. The van der Waals surface area contributed by atoms with E-state index < -0.39 is 0 Å². The number of hydrogen-bond donors (Lipinski definition) is 0. The van der Waals surface area contributed by atoms with Gasteiger partial charge in [0.15, 0.2) is 0 Å². The summed E-state index contributed by atoms with van der Waals surface area (Å²) >= 11 is 0. The maximum Gasteiger partial charge on any atom is 0.00989 e. The summed E-state index contributed by atoms with van der Waals surface area (Å²) < 4.78 is 0. The van der Waals surface area contributed by atoms with E-state index in [1.807, 2.05) is 0 Å². The van der Waals surface area contributed by atoms with Crippen LogP contribution in [-0.4, -0.2) is 0 Å².